The van der Waals surface area contributed by atoms with Crippen LogP contribution in [0.15, 0.2) is 29.2 Å². The maximum Gasteiger partial charge on any atom is 0.269 e. The predicted octanol–water partition coefficient (Wildman–Crippen LogP) is 0.290. The zero-order chi connectivity index (χ0) is 21.9. The number of aryl methyl sites for hydroxylation is 3. The van der Waals surface area contributed by atoms with E-state index < -0.39 is 21.8 Å². The van der Waals surface area contributed by atoms with Crippen LogP contribution in [0.25, 0.3) is 0 Å². The third kappa shape index (κ3) is 4.86. The van der Waals surface area contributed by atoms with Gasteiger partial charge in [-0.25, -0.2) is 8.42 Å². The first kappa shape index (κ1) is 21.9. The highest BCUT2D eigenvalue weighted by molar-refractivity contribution is 7.89. The summed E-state index contributed by atoms with van der Waals surface area (Å²) in [5.74, 6) is -1.07. The molecule has 2 amide bonds. The van der Waals surface area contributed by atoms with Gasteiger partial charge in [0.1, 0.15) is 6.54 Å². The van der Waals surface area contributed by atoms with Crippen molar-refractivity contribution in [2.75, 3.05) is 26.3 Å². The summed E-state index contributed by atoms with van der Waals surface area (Å²) in [4.78, 5) is 24.6. The van der Waals surface area contributed by atoms with E-state index in [0.29, 0.717) is 18.8 Å². The number of carbonyl (C=O) groups is 2. The SMILES string of the molecule is Cc1cc(C)n(CC(=O)NNC(=O)c2ccc(C)c(S(=O)(=O)N3CCOCC3)c2)n1. The molecule has 1 aliphatic heterocycles. The van der Waals surface area contributed by atoms with E-state index >= 15 is 0 Å². The molecular weight excluding hydrogens is 410 g/mol. The standard InChI is InChI=1S/C19H25N5O5S/c1-13-4-5-16(11-17(13)30(27,28)23-6-8-29-9-7-23)19(26)21-20-18(25)12-24-15(3)10-14(2)22-24/h4-5,10-11H,6-9,12H2,1-3H3,(H,20,25)(H,21,26). The molecule has 162 valence electrons. The highest BCUT2D eigenvalue weighted by Crippen LogP contribution is 2.22. The summed E-state index contributed by atoms with van der Waals surface area (Å²) < 4.78 is 34.0. The number of nitrogens with zero attached hydrogens (tertiary/aromatic N) is 3. The van der Waals surface area contributed by atoms with E-state index in [1.807, 2.05) is 19.9 Å². The largest absolute Gasteiger partial charge is 0.379 e. The van der Waals surface area contributed by atoms with Crippen LogP contribution in [0.3, 0.4) is 0 Å². The molecule has 10 nitrogen and oxygen atoms in total. The van der Waals surface area contributed by atoms with Crippen molar-refractivity contribution in [3.63, 3.8) is 0 Å². The Bertz CT molecular complexity index is 1060. The fourth-order valence-electron chi connectivity index (χ4n) is 3.15. The van der Waals surface area contributed by atoms with Gasteiger partial charge in [0, 0.05) is 24.3 Å². The van der Waals surface area contributed by atoms with E-state index in [1.54, 1.807) is 13.0 Å². The molecule has 0 saturated carbocycles. The quantitative estimate of drug-likeness (QED) is 0.651. The van der Waals surface area contributed by atoms with Crippen LogP contribution in [0.1, 0.15) is 27.3 Å². The van der Waals surface area contributed by atoms with Gasteiger partial charge in [0.05, 0.1) is 23.8 Å². The van der Waals surface area contributed by atoms with Gasteiger partial charge in [-0.3, -0.25) is 25.1 Å². The van der Waals surface area contributed by atoms with Gasteiger partial charge in [-0.2, -0.15) is 9.40 Å². The lowest BCUT2D eigenvalue weighted by Gasteiger charge is -2.26. The molecular formula is C19H25N5O5S. The van der Waals surface area contributed by atoms with Gasteiger partial charge in [0.2, 0.25) is 10.0 Å². The van der Waals surface area contributed by atoms with Gasteiger partial charge in [-0.15, -0.1) is 0 Å². The Morgan fingerprint density at radius 3 is 2.43 bits per heavy atom. The van der Waals surface area contributed by atoms with E-state index in [0.717, 1.165) is 11.4 Å². The highest BCUT2D eigenvalue weighted by Gasteiger charge is 2.28. The summed E-state index contributed by atoms with van der Waals surface area (Å²) in [6.07, 6.45) is 0. The zero-order valence-corrected chi connectivity index (χ0v) is 18.0. The molecule has 0 radical (unpaired) electrons. The van der Waals surface area contributed by atoms with Crippen molar-refractivity contribution in [2.45, 2.75) is 32.2 Å². The Hall–Kier alpha value is -2.76. The first-order valence-electron chi connectivity index (χ1n) is 9.47. The Morgan fingerprint density at radius 2 is 1.80 bits per heavy atom. The van der Waals surface area contributed by atoms with Crippen LogP contribution >= 0.6 is 0 Å². The van der Waals surface area contributed by atoms with Crippen molar-refractivity contribution in [1.82, 2.24) is 24.9 Å². The van der Waals surface area contributed by atoms with Gasteiger partial charge >= 0.3 is 0 Å². The molecule has 0 spiro atoms. The first-order valence-corrected chi connectivity index (χ1v) is 10.9. The summed E-state index contributed by atoms with van der Waals surface area (Å²) in [6.45, 7) is 6.47. The van der Waals surface area contributed by atoms with Gasteiger partial charge in [-0.1, -0.05) is 6.07 Å². The van der Waals surface area contributed by atoms with E-state index in [9.17, 15) is 18.0 Å². The van der Waals surface area contributed by atoms with Crippen molar-refractivity contribution in [3.05, 3.63) is 46.8 Å². The predicted molar refractivity (Wildman–Crippen MR) is 108 cm³/mol. The average Bonchev–Trinajstić information content (AvgIpc) is 3.03. The Morgan fingerprint density at radius 1 is 1.10 bits per heavy atom. The molecule has 2 N–H and O–H groups in total. The second kappa shape index (κ2) is 8.94. The van der Waals surface area contributed by atoms with E-state index in [4.69, 9.17) is 4.74 Å². The molecule has 0 atom stereocenters. The summed E-state index contributed by atoms with van der Waals surface area (Å²) >= 11 is 0. The number of sulfonamides is 1. The van der Waals surface area contributed by atoms with Crippen molar-refractivity contribution in [2.24, 2.45) is 0 Å². The van der Waals surface area contributed by atoms with E-state index in [1.165, 1.54) is 21.1 Å². The molecule has 0 bridgehead atoms. The van der Waals surface area contributed by atoms with Crippen LogP contribution in [-0.2, 0) is 26.1 Å². The van der Waals surface area contributed by atoms with Crippen molar-refractivity contribution in [1.29, 1.82) is 0 Å². The molecule has 3 rings (SSSR count). The maximum absolute atomic E-state index is 12.9. The summed E-state index contributed by atoms with van der Waals surface area (Å²) in [5.41, 5.74) is 6.91. The second-order valence-corrected chi connectivity index (χ2v) is 8.99. The third-order valence-corrected chi connectivity index (χ3v) is 6.79. The van der Waals surface area contributed by atoms with Crippen LogP contribution in [0, 0.1) is 20.8 Å². The Labute approximate surface area is 175 Å². The molecule has 1 saturated heterocycles. The van der Waals surface area contributed by atoms with E-state index in [2.05, 4.69) is 16.0 Å². The lowest BCUT2D eigenvalue weighted by atomic mass is 10.1. The summed E-state index contributed by atoms with van der Waals surface area (Å²) in [6, 6.07) is 6.24. The van der Waals surface area contributed by atoms with E-state index in [-0.39, 0.29) is 30.1 Å². The van der Waals surface area contributed by atoms with Crippen molar-refractivity contribution < 1.29 is 22.7 Å². The monoisotopic (exact) mass is 435 g/mol. The minimum atomic E-state index is -3.75. The summed E-state index contributed by atoms with van der Waals surface area (Å²) in [7, 11) is -3.75. The molecule has 1 fully saturated rings. The molecule has 1 aromatic carbocycles. The Kier molecular flexibility index (Phi) is 6.54. The first-order chi connectivity index (χ1) is 14.2. The smallest absolute Gasteiger partial charge is 0.269 e. The van der Waals surface area contributed by atoms with Gasteiger partial charge in [-0.05, 0) is 44.5 Å². The minimum absolute atomic E-state index is 0.0511. The lowest BCUT2D eigenvalue weighted by Crippen LogP contribution is -2.43. The number of ether oxygens (including phenoxy) is 1. The van der Waals surface area contributed by atoms with Crippen LogP contribution in [-0.4, -0.2) is 60.6 Å². The van der Waals surface area contributed by atoms with Crippen LogP contribution in [0.2, 0.25) is 0 Å². The number of amides is 2. The van der Waals surface area contributed by atoms with Gasteiger partial charge in [0.15, 0.2) is 0 Å². The lowest BCUT2D eigenvalue weighted by molar-refractivity contribution is -0.122. The minimum Gasteiger partial charge on any atom is -0.379 e. The molecule has 1 aromatic heterocycles. The van der Waals surface area contributed by atoms with Crippen LogP contribution in [0.4, 0.5) is 0 Å². The molecule has 1 aliphatic rings. The fourth-order valence-corrected chi connectivity index (χ4v) is 4.81. The number of hydrogen-bond acceptors (Lipinski definition) is 6. The van der Waals surface area contributed by atoms with Gasteiger partial charge < -0.3 is 4.74 Å². The summed E-state index contributed by atoms with van der Waals surface area (Å²) in [5, 5.41) is 4.19. The average molecular weight is 436 g/mol. The number of hydrazine groups is 1. The number of hydrogen-bond donors (Lipinski definition) is 2. The maximum atomic E-state index is 12.9. The normalized spacial score (nSPS) is 15.0. The molecule has 0 unspecified atom stereocenters. The number of benzene rings is 1. The zero-order valence-electron chi connectivity index (χ0n) is 17.1. The number of morpholine rings is 1. The second-order valence-electron chi connectivity index (χ2n) is 7.08. The highest BCUT2D eigenvalue weighted by atomic mass is 32.2. The molecule has 30 heavy (non-hydrogen) atoms. The number of rotatable bonds is 5. The van der Waals surface area contributed by atoms with Crippen LogP contribution in [0.5, 0.6) is 0 Å². The topological polar surface area (TPSA) is 123 Å². The molecule has 0 aliphatic carbocycles. The molecule has 11 heteroatoms. The van der Waals surface area contributed by atoms with Crippen molar-refractivity contribution >= 4 is 21.8 Å². The molecule has 2 heterocycles. The molecule has 2 aromatic rings. The Balaban J connectivity index is 1.68. The fraction of sp³-hybridized carbons (Fsp3) is 0.421. The third-order valence-electron chi connectivity index (χ3n) is 4.75. The number of carbonyl (C=O) groups excluding carboxylic acids is 2. The van der Waals surface area contributed by atoms with Crippen molar-refractivity contribution in [3.8, 4) is 0 Å². The van der Waals surface area contributed by atoms with Crippen LogP contribution < -0.4 is 10.9 Å². The number of aromatic nitrogens is 2. The van der Waals surface area contributed by atoms with Gasteiger partial charge in [0.25, 0.3) is 11.8 Å². The number of nitrogens with one attached hydrogen (secondary N) is 2.